The van der Waals surface area contributed by atoms with Crippen molar-refractivity contribution in [2.24, 2.45) is 23.7 Å². The second kappa shape index (κ2) is 10.3. The summed E-state index contributed by atoms with van der Waals surface area (Å²) in [7, 11) is 0. The van der Waals surface area contributed by atoms with E-state index in [4.69, 9.17) is 5.11 Å². The number of hydrogen-bond acceptors (Lipinski definition) is 3. The Bertz CT molecular complexity index is 434. The third kappa shape index (κ3) is 6.41. The molecule has 0 aromatic rings. The molecule has 0 spiro atoms. The van der Waals surface area contributed by atoms with Crippen molar-refractivity contribution in [3.63, 3.8) is 0 Å². The van der Waals surface area contributed by atoms with Gasteiger partial charge in [-0.1, -0.05) is 51.2 Å². The van der Waals surface area contributed by atoms with Crippen LogP contribution in [0.25, 0.3) is 0 Å². The van der Waals surface area contributed by atoms with Gasteiger partial charge in [0.05, 0.1) is 12.2 Å². The van der Waals surface area contributed by atoms with Crippen LogP contribution < -0.4 is 0 Å². The van der Waals surface area contributed by atoms with Crippen LogP contribution in [0.1, 0.15) is 77.6 Å². The largest absolute Gasteiger partial charge is 0.481 e. The minimum atomic E-state index is -0.700. The highest BCUT2D eigenvalue weighted by molar-refractivity contribution is 5.66. The fraction of sp³-hybridized carbons (Fsp3) is 0.857. The Morgan fingerprint density at radius 3 is 2.68 bits per heavy atom. The van der Waals surface area contributed by atoms with Gasteiger partial charge in [0.1, 0.15) is 0 Å². The van der Waals surface area contributed by atoms with Gasteiger partial charge in [0.15, 0.2) is 0 Å². The van der Waals surface area contributed by atoms with Gasteiger partial charge in [-0.3, -0.25) is 4.79 Å². The van der Waals surface area contributed by atoms with Crippen molar-refractivity contribution >= 4 is 5.97 Å². The maximum Gasteiger partial charge on any atom is 0.303 e. The molecular formula is C21H36O4. The summed E-state index contributed by atoms with van der Waals surface area (Å²) in [5, 5.41) is 29.2. The van der Waals surface area contributed by atoms with Crippen LogP contribution in [0.5, 0.6) is 0 Å². The fourth-order valence-electron chi connectivity index (χ4n) is 4.94. The van der Waals surface area contributed by atoms with Crippen molar-refractivity contribution < 1.29 is 20.1 Å². The molecule has 25 heavy (non-hydrogen) atoms. The molecule has 2 saturated carbocycles. The van der Waals surface area contributed by atoms with Crippen LogP contribution >= 0.6 is 0 Å². The molecule has 3 N–H and O–H groups in total. The van der Waals surface area contributed by atoms with Crippen molar-refractivity contribution in [3.05, 3.63) is 12.2 Å². The first-order valence-corrected chi connectivity index (χ1v) is 10.3. The number of carboxylic acids is 1. The number of aliphatic carboxylic acids is 1. The smallest absolute Gasteiger partial charge is 0.303 e. The first-order valence-electron chi connectivity index (χ1n) is 10.3. The van der Waals surface area contributed by atoms with E-state index in [9.17, 15) is 15.0 Å². The van der Waals surface area contributed by atoms with E-state index in [1.54, 1.807) is 0 Å². The van der Waals surface area contributed by atoms with Crippen molar-refractivity contribution in [2.45, 2.75) is 89.8 Å². The van der Waals surface area contributed by atoms with E-state index in [1.165, 1.54) is 6.42 Å². The molecule has 2 fully saturated rings. The molecule has 0 saturated heterocycles. The molecule has 0 radical (unpaired) electrons. The Labute approximate surface area is 152 Å². The van der Waals surface area contributed by atoms with Gasteiger partial charge in [-0.05, 0) is 49.9 Å². The summed E-state index contributed by atoms with van der Waals surface area (Å²) in [5.41, 5.74) is 0. The minimum absolute atomic E-state index is 0.190. The number of hydrogen-bond donors (Lipinski definition) is 3. The lowest BCUT2D eigenvalue weighted by Gasteiger charge is -2.19. The minimum Gasteiger partial charge on any atom is -0.481 e. The third-order valence-corrected chi connectivity index (χ3v) is 6.24. The van der Waals surface area contributed by atoms with Gasteiger partial charge in [-0.15, -0.1) is 0 Å². The van der Waals surface area contributed by atoms with Crippen molar-refractivity contribution in [1.82, 2.24) is 0 Å². The summed E-state index contributed by atoms with van der Waals surface area (Å²) in [6.45, 7) is 2.16. The van der Waals surface area contributed by atoms with Gasteiger partial charge < -0.3 is 15.3 Å². The van der Waals surface area contributed by atoms with E-state index in [1.807, 2.05) is 6.08 Å². The lowest BCUT2D eigenvalue weighted by Crippen LogP contribution is -2.18. The zero-order valence-corrected chi connectivity index (χ0v) is 15.6. The maximum absolute atomic E-state index is 10.6. The van der Waals surface area contributed by atoms with Crippen molar-refractivity contribution in [3.8, 4) is 0 Å². The molecule has 0 aliphatic heterocycles. The molecule has 2 rings (SSSR count). The second-order valence-corrected chi connectivity index (χ2v) is 8.23. The monoisotopic (exact) mass is 352 g/mol. The van der Waals surface area contributed by atoms with Gasteiger partial charge in [-0.2, -0.15) is 0 Å². The zero-order chi connectivity index (χ0) is 18.2. The van der Waals surface area contributed by atoms with Crippen LogP contribution in [0, 0.1) is 23.7 Å². The Kier molecular flexibility index (Phi) is 8.44. The van der Waals surface area contributed by atoms with Crippen LogP contribution in [0.3, 0.4) is 0 Å². The van der Waals surface area contributed by atoms with E-state index in [-0.39, 0.29) is 24.5 Å². The van der Waals surface area contributed by atoms with E-state index in [2.05, 4.69) is 13.0 Å². The lowest BCUT2D eigenvalue weighted by atomic mass is 9.89. The zero-order valence-electron chi connectivity index (χ0n) is 15.6. The highest BCUT2D eigenvalue weighted by atomic mass is 16.4. The van der Waals surface area contributed by atoms with E-state index in [0.717, 1.165) is 57.8 Å². The highest BCUT2D eigenvalue weighted by Gasteiger charge is 2.46. The summed E-state index contributed by atoms with van der Waals surface area (Å²) in [6, 6.07) is 0. The highest BCUT2D eigenvalue weighted by Crippen LogP contribution is 2.51. The van der Waals surface area contributed by atoms with E-state index < -0.39 is 5.97 Å². The van der Waals surface area contributed by atoms with Crippen LogP contribution in [0.4, 0.5) is 0 Å². The SMILES string of the molecule is CCCCC[C@H](O)/C=C/[C@@H]1[C@H]2C[C@H](CCCCC(=O)O)C[C@H]2C[C@H]1O. The molecule has 2 aliphatic carbocycles. The molecular weight excluding hydrogens is 316 g/mol. The van der Waals surface area contributed by atoms with Crippen LogP contribution in [0.15, 0.2) is 12.2 Å². The molecule has 0 aromatic heterocycles. The predicted octanol–water partition coefficient (Wildman–Crippen LogP) is 4.15. The predicted molar refractivity (Wildman–Crippen MR) is 99.2 cm³/mol. The Morgan fingerprint density at radius 2 is 1.96 bits per heavy atom. The van der Waals surface area contributed by atoms with Gasteiger partial charge >= 0.3 is 5.97 Å². The summed E-state index contributed by atoms with van der Waals surface area (Å²) in [4.78, 5) is 10.6. The van der Waals surface area contributed by atoms with Crippen molar-refractivity contribution in [2.75, 3.05) is 0 Å². The number of fused-ring (bicyclic) bond motifs is 1. The summed E-state index contributed by atoms with van der Waals surface area (Å²) < 4.78 is 0. The number of unbranched alkanes of at least 4 members (excludes halogenated alkanes) is 3. The Balaban J connectivity index is 1.76. The Morgan fingerprint density at radius 1 is 1.16 bits per heavy atom. The molecule has 144 valence electrons. The molecule has 4 nitrogen and oxygen atoms in total. The van der Waals surface area contributed by atoms with Gasteiger partial charge in [0.25, 0.3) is 0 Å². The van der Waals surface area contributed by atoms with Gasteiger partial charge in [0, 0.05) is 12.3 Å². The molecule has 4 heteroatoms. The molecule has 0 unspecified atom stereocenters. The number of carbonyl (C=O) groups is 1. The molecule has 0 bridgehead atoms. The molecule has 0 aromatic carbocycles. The lowest BCUT2D eigenvalue weighted by molar-refractivity contribution is -0.137. The third-order valence-electron chi connectivity index (χ3n) is 6.24. The Hall–Kier alpha value is -0.870. The van der Waals surface area contributed by atoms with Gasteiger partial charge in [0.2, 0.25) is 0 Å². The van der Waals surface area contributed by atoms with E-state index in [0.29, 0.717) is 17.8 Å². The molecule has 2 aliphatic rings. The first-order chi connectivity index (χ1) is 12.0. The van der Waals surface area contributed by atoms with Crippen LogP contribution in [-0.4, -0.2) is 33.5 Å². The van der Waals surface area contributed by atoms with Crippen molar-refractivity contribution in [1.29, 1.82) is 0 Å². The first kappa shape index (κ1) is 20.4. The van der Waals surface area contributed by atoms with E-state index >= 15 is 0 Å². The molecule has 0 heterocycles. The number of rotatable bonds is 11. The molecule has 6 atom stereocenters. The maximum atomic E-state index is 10.6. The normalized spacial score (nSPS) is 33.0. The molecule has 0 amide bonds. The number of carboxylic acid groups (broad SMARTS) is 1. The fourth-order valence-corrected chi connectivity index (χ4v) is 4.94. The topological polar surface area (TPSA) is 77.8 Å². The average molecular weight is 353 g/mol. The van der Waals surface area contributed by atoms with Gasteiger partial charge in [-0.25, -0.2) is 0 Å². The number of aliphatic hydroxyl groups is 2. The van der Waals surface area contributed by atoms with Crippen LogP contribution in [-0.2, 0) is 4.79 Å². The van der Waals surface area contributed by atoms with Crippen LogP contribution in [0.2, 0.25) is 0 Å². The quantitative estimate of drug-likeness (QED) is 0.385. The summed E-state index contributed by atoms with van der Waals surface area (Å²) >= 11 is 0. The summed E-state index contributed by atoms with van der Waals surface area (Å²) in [6.07, 6.45) is 13.9. The standard InChI is InChI=1S/C21H36O4/c1-2-3-4-8-17(22)10-11-18-19-13-15(7-5-6-9-21(24)25)12-16(19)14-20(18)23/h10-11,15-20,22-23H,2-9,12-14H2,1H3,(H,24,25)/b11-10+/t15-,16+,17+,18-,19+,20-/m1/s1. The average Bonchev–Trinajstić information content (AvgIpc) is 3.06. The number of aliphatic hydroxyl groups excluding tert-OH is 2. The second-order valence-electron chi connectivity index (χ2n) is 8.23. The summed E-state index contributed by atoms with van der Waals surface area (Å²) in [5.74, 6) is 1.32.